The number of rotatable bonds is 4. The lowest BCUT2D eigenvalue weighted by atomic mass is 9.98. The summed E-state index contributed by atoms with van der Waals surface area (Å²) in [6.07, 6.45) is 2.59. The predicted molar refractivity (Wildman–Crippen MR) is 66.0 cm³/mol. The molecule has 0 spiro atoms. The Morgan fingerprint density at radius 2 is 1.76 bits per heavy atom. The molecule has 1 N–H and O–H groups in total. The van der Waals surface area contributed by atoms with Crippen molar-refractivity contribution in [1.29, 1.82) is 0 Å². The number of imide groups is 1. The minimum absolute atomic E-state index is 0.234. The fraction of sp³-hybridized carbons (Fsp3) is 0.286. The van der Waals surface area contributed by atoms with Gasteiger partial charge in [0.15, 0.2) is 0 Å². The normalized spacial score (nSPS) is 15.4. The maximum Gasteiger partial charge on any atom is 0.259 e. The zero-order valence-corrected chi connectivity index (χ0v) is 9.82. The minimum Gasteiger partial charge on any atom is -0.288 e. The van der Waals surface area contributed by atoms with Crippen LogP contribution in [-0.2, 0) is 9.59 Å². The van der Waals surface area contributed by atoms with Gasteiger partial charge in [0, 0.05) is 5.57 Å². The number of unbranched alkanes of at least 4 members (excludes halogenated alkanes) is 1. The highest BCUT2D eigenvalue weighted by Gasteiger charge is 2.30. The topological polar surface area (TPSA) is 46.2 Å². The van der Waals surface area contributed by atoms with E-state index in [0.29, 0.717) is 17.6 Å². The zero-order chi connectivity index (χ0) is 12.3. The maximum absolute atomic E-state index is 11.8. The molecule has 0 unspecified atom stereocenters. The van der Waals surface area contributed by atoms with Gasteiger partial charge in [-0.3, -0.25) is 14.9 Å². The van der Waals surface area contributed by atoms with Gasteiger partial charge in [-0.25, -0.2) is 0 Å². The lowest BCUT2D eigenvalue weighted by Crippen LogP contribution is -2.23. The van der Waals surface area contributed by atoms with Crippen molar-refractivity contribution in [1.82, 2.24) is 5.32 Å². The summed E-state index contributed by atoms with van der Waals surface area (Å²) in [6.45, 7) is 2.07. The Kier molecular flexibility index (Phi) is 3.38. The molecule has 17 heavy (non-hydrogen) atoms. The average molecular weight is 229 g/mol. The summed E-state index contributed by atoms with van der Waals surface area (Å²) in [6, 6.07) is 9.36. The van der Waals surface area contributed by atoms with Gasteiger partial charge in [-0.05, 0) is 18.4 Å². The van der Waals surface area contributed by atoms with E-state index < -0.39 is 0 Å². The van der Waals surface area contributed by atoms with Crippen molar-refractivity contribution in [3.63, 3.8) is 0 Å². The number of carbonyl (C=O) groups excluding carboxylic acids is 2. The first-order chi connectivity index (χ1) is 8.24. The van der Waals surface area contributed by atoms with E-state index in [4.69, 9.17) is 0 Å². The van der Waals surface area contributed by atoms with Crippen molar-refractivity contribution in [2.75, 3.05) is 0 Å². The number of amides is 2. The Morgan fingerprint density at radius 3 is 2.41 bits per heavy atom. The number of nitrogens with one attached hydrogen (secondary N) is 1. The highest BCUT2D eigenvalue weighted by atomic mass is 16.2. The third-order valence-corrected chi connectivity index (χ3v) is 2.87. The molecule has 0 saturated carbocycles. The summed E-state index contributed by atoms with van der Waals surface area (Å²) in [5.41, 5.74) is 1.99. The standard InChI is InChI=1S/C14H15NO2/c1-2-3-9-11-12(14(17)15-13(11)16)10-7-5-4-6-8-10/h4-8H,2-3,9H2,1H3,(H,15,16,17). The second-order valence-corrected chi connectivity index (χ2v) is 4.11. The van der Waals surface area contributed by atoms with Crippen LogP contribution in [-0.4, -0.2) is 11.8 Å². The van der Waals surface area contributed by atoms with Gasteiger partial charge >= 0.3 is 0 Å². The molecular formula is C14H15NO2. The summed E-state index contributed by atoms with van der Waals surface area (Å²) >= 11 is 0. The molecule has 2 rings (SSSR count). The monoisotopic (exact) mass is 229 g/mol. The van der Waals surface area contributed by atoms with E-state index in [1.807, 2.05) is 30.3 Å². The third-order valence-electron chi connectivity index (χ3n) is 2.87. The van der Waals surface area contributed by atoms with Crippen LogP contribution in [0.15, 0.2) is 35.9 Å². The van der Waals surface area contributed by atoms with Crippen molar-refractivity contribution < 1.29 is 9.59 Å². The number of hydrogen-bond acceptors (Lipinski definition) is 2. The van der Waals surface area contributed by atoms with Crippen LogP contribution in [0.1, 0.15) is 31.7 Å². The fourth-order valence-corrected chi connectivity index (χ4v) is 1.99. The van der Waals surface area contributed by atoms with Crippen LogP contribution in [0.2, 0.25) is 0 Å². The number of benzene rings is 1. The van der Waals surface area contributed by atoms with Crippen LogP contribution >= 0.6 is 0 Å². The molecular weight excluding hydrogens is 214 g/mol. The quantitative estimate of drug-likeness (QED) is 0.805. The van der Waals surface area contributed by atoms with Gasteiger partial charge in [0.1, 0.15) is 0 Å². The first kappa shape index (κ1) is 11.6. The van der Waals surface area contributed by atoms with Gasteiger partial charge in [-0.2, -0.15) is 0 Å². The highest BCUT2D eigenvalue weighted by Crippen LogP contribution is 2.26. The largest absolute Gasteiger partial charge is 0.288 e. The molecule has 1 aromatic rings. The van der Waals surface area contributed by atoms with Gasteiger partial charge in [0.05, 0.1) is 5.57 Å². The van der Waals surface area contributed by atoms with Crippen molar-refractivity contribution >= 4 is 17.4 Å². The summed E-state index contributed by atoms with van der Waals surface area (Å²) in [5.74, 6) is -0.505. The molecule has 3 nitrogen and oxygen atoms in total. The molecule has 2 amide bonds. The van der Waals surface area contributed by atoms with E-state index in [2.05, 4.69) is 12.2 Å². The molecule has 0 bridgehead atoms. The molecule has 88 valence electrons. The van der Waals surface area contributed by atoms with E-state index in [1.54, 1.807) is 0 Å². The Balaban J connectivity index is 2.41. The van der Waals surface area contributed by atoms with Gasteiger partial charge in [-0.1, -0.05) is 43.7 Å². The first-order valence-electron chi connectivity index (χ1n) is 5.88. The van der Waals surface area contributed by atoms with E-state index >= 15 is 0 Å². The Hall–Kier alpha value is -1.90. The smallest absolute Gasteiger partial charge is 0.259 e. The fourth-order valence-electron chi connectivity index (χ4n) is 1.99. The molecule has 1 aromatic carbocycles. The van der Waals surface area contributed by atoms with Crippen molar-refractivity contribution in [3.05, 3.63) is 41.5 Å². The molecule has 1 aliphatic heterocycles. The molecule has 0 atom stereocenters. The van der Waals surface area contributed by atoms with Gasteiger partial charge in [-0.15, -0.1) is 0 Å². The van der Waals surface area contributed by atoms with Crippen LogP contribution in [0.25, 0.3) is 5.57 Å². The van der Waals surface area contributed by atoms with Crippen LogP contribution < -0.4 is 5.32 Å². The minimum atomic E-state index is -0.271. The summed E-state index contributed by atoms with van der Waals surface area (Å²) in [7, 11) is 0. The second-order valence-electron chi connectivity index (χ2n) is 4.11. The molecule has 1 aliphatic rings. The number of hydrogen-bond donors (Lipinski definition) is 1. The SMILES string of the molecule is CCCCC1=C(c2ccccc2)C(=O)NC1=O. The zero-order valence-electron chi connectivity index (χ0n) is 9.82. The van der Waals surface area contributed by atoms with Crippen LogP contribution in [0.4, 0.5) is 0 Å². The van der Waals surface area contributed by atoms with Gasteiger partial charge in [0.25, 0.3) is 11.8 Å². The van der Waals surface area contributed by atoms with Crippen molar-refractivity contribution in [2.24, 2.45) is 0 Å². The van der Waals surface area contributed by atoms with Crippen molar-refractivity contribution in [3.8, 4) is 0 Å². The molecule has 3 heteroatoms. The average Bonchev–Trinajstić information content (AvgIpc) is 2.62. The van der Waals surface area contributed by atoms with E-state index in [0.717, 1.165) is 18.4 Å². The molecule has 1 heterocycles. The maximum atomic E-state index is 11.8. The van der Waals surface area contributed by atoms with Crippen molar-refractivity contribution in [2.45, 2.75) is 26.2 Å². The Morgan fingerprint density at radius 1 is 1.06 bits per heavy atom. The van der Waals surface area contributed by atoms with E-state index in [1.165, 1.54) is 0 Å². The van der Waals surface area contributed by atoms with E-state index in [9.17, 15) is 9.59 Å². The van der Waals surface area contributed by atoms with Gasteiger partial charge in [0.2, 0.25) is 0 Å². The lowest BCUT2D eigenvalue weighted by Gasteiger charge is -2.03. The molecule has 0 aromatic heterocycles. The molecule has 0 aliphatic carbocycles. The highest BCUT2D eigenvalue weighted by molar-refractivity contribution is 6.35. The molecule has 0 fully saturated rings. The van der Waals surface area contributed by atoms with Gasteiger partial charge < -0.3 is 0 Å². The number of carbonyl (C=O) groups is 2. The van der Waals surface area contributed by atoms with Crippen LogP contribution in [0.3, 0.4) is 0 Å². The Labute approximate surface area is 101 Å². The third kappa shape index (κ3) is 2.28. The summed E-state index contributed by atoms with van der Waals surface area (Å²) < 4.78 is 0. The van der Waals surface area contributed by atoms with Crippen LogP contribution in [0.5, 0.6) is 0 Å². The van der Waals surface area contributed by atoms with E-state index in [-0.39, 0.29) is 11.8 Å². The molecule has 0 radical (unpaired) electrons. The second kappa shape index (κ2) is 4.95. The Bertz CT molecular complexity index is 474. The first-order valence-corrected chi connectivity index (χ1v) is 5.88. The predicted octanol–water partition coefficient (Wildman–Crippen LogP) is 2.29. The summed E-state index contributed by atoms with van der Waals surface area (Å²) in [4.78, 5) is 23.5. The lowest BCUT2D eigenvalue weighted by molar-refractivity contribution is -0.123. The molecule has 0 saturated heterocycles. The summed E-state index contributed by atoms with van der Waals surface area (Å²) in [5, 5.41) is 2.37. The van der Waals surface area contributed by atoms with Crippen LogP contribution in [0, 0.1) is 0 Å².